The first kappa shape index (κ1) is 27.0. The van der Waals surface area contributed by atoms with Crippen molar-refractivity contribution in [2.75, 3.05) is 13.2 Å². The molecule has 33 heavy (non-hydrogen) atoms. The molecule has 3 rings (SSSR count). The average Bonchev–Trinajstić information content (AvgIpc) is 2.79. The number of nitrogens with two attached hydrogens (primary N) is 4. The Balaban J connectivity index is 1.72. The second-order valence-electron chi connectivity index (χ2n) is 8.79. The topological polar surface area (TPSA) is 283 Å². The molecule has 194 valence electrons. The Morgan fingerprint density at radius 3 is 1.70 bits per heavy atom. The third-order valence-corrected chi connectivity index (χ3v) is 6.48. The van der Waals surface area contributed by atoms with E-state index in [1.807, 2.05) is 0 Å². The summed E-state index contributed by atoms with van der Waals surface area (Å²) in [5.74, 6) is 0. The molecule has 0 aromatic heterocycles. The van der Waals surface area contributed by atoms with Crippen LogP contribution in [0, 0.1) is 0 Å². The van der Waals surface area contributed by atoms with E-state index < -0.39 is 98.4 Å². The molecule has 2 saturated heterocycles. The molecule has 3 fully saturated rings. The SMILES string of the molecule is NC[C@H]1O[C@H](O[C@@H]2[C@@H](O)[C@H](O[C@H]3O[C@H](CO)[C@@H](O)[C@H](N)C3O)[C@@H](N)C[C@H]2N)[C@H](O)[C@@H](O)[C@@H]1O. The Morgan fingerprint density at radius 1 is 0.667 bits per heavy atom. The maximum Gasteiger partial charge on any atom is 0.187 e. The zero-order valence-electron chi connectivity index (χ0n) is 17.9. The zero-order chi connectivity index (χ0) is 24.6. The van der Waals surface area contributed by atoms with Crippen LogP contribution in [0.3, 0.4) is 0 Å². The highest BCUT2D eigenvalue weighted by atomic mass is 16.7. The van der Waals surface area contributed by atoms with Gasteiger partial charge in [-0.1, -0.05) is 0 Å². The fourth-order valence-electron chi connectivity index (χ4n) is 4.40. The van der Waals surface area contributed by atoms with Gasteiger partial charge in [-0.15, -0.1) is 0 Å². The number of ether oxygens (including phenoxy) is 4. The number of hydrogen-bond acceptors (Lipinski definition) is 15. The third-order valence-electron chi connectivity index (χ3n) is 6.48. The van der Waals surface area contributed by atoms with Crippen molar-refractivity contribution < 1.29 is 54.7 Å². The smallest absolute Gasteiger partial charge is 0.187 e. The van der Waals surface area contributed by atoms with Crippen molar-refractivity contribution >= 4 is 0 Å². The lowest BCUT2D eigenvalue weighted by molar-refractivity contribution is -0.332. The van der Waals surface area contributed by atoms with E-state index in [4.69, 9.17) is 41.9 Å². The summed E-state index contributed by atoms with van der Waals surface area (Å²) in [5, 5.41) is 70.9. The van der Waals surface area contributed by atoms with Crippen molar-refractivity contribution in [2.24, 2.45) is 22.9 Å². The Hall–Kier alpha value is -0.600. The molecule has 0 spiro atoms. The lowest BCUT2D eigenvalue weighted by atomic mass is 9.84. The number of aliphatic hydroxyl groups excluding tert-OH is 7. The molecule has 2 heterocycles. The monoisotopic (exact) mass is 484 g/mol. The quantitative estimate of drug-likeness (QED) is 0.167. The fraction of sp³-hybridized carbons (Fsp3) is 1.00. The summed E-state index contributed by atoms with van der Waals surface area (Å²) >= 11 is 0. The summed E-state index contributed by atoms with van der Waals surface area (Å²) in [5.41, 5.74) is 23.5. The number of hydrogen-bond donors (Lipinski definition) is 11. The molecule has 1 saturated carbocycles. The molecule has 0 bridgehead atoms. The van der Waals surface area contributed by atoms with Gasteiger partial charge in [0, 0.05) is 18.6 Å². The lowest BCUT2D eigenvalue weighted by Crippen LogP contribution is -2.68. The largest absolute Gasteiger partial charge is 0.394 e. The summed E-state index contributed by atoms with van der Waals surface area (Å²) in [6.07, 6.45) is -16.5. The van der Waals surface area contributed by atoms with Crippen molar-refractivity contribution in [3.05, 3.63) is 0 Å². The van der Waals surface area contributed by atoms with Crippen LogP contribution in [0.2, 0.25) is 0 Å². The van der Waals surface area contributed by atoms with E-state index >= 15 is 0 Å². The molecule has 15 N–H and O–H groups in total. The van der Waals surface area contributed by atoms with Crippen molar-refractivity contribution in [3.63, 3.8) is 0 Å². The summed E-state index contributed by atoms with van der Waals surface area (Å²) in [6, 6.07) is -2.86. The van der Waals surface area contributed by atoms with Crippen molar-refractivity contribution in [3.8, 4) is 0 Å². The third kappa shape index (κ3) is 5.32. The lowest BCUT2D eigenvalue weighted by Gasteiger charge is -2.48. The molecule has 0 aromatic carbocycles. The highest BCUT2D eigenvalue weighted by Gasteiger charge is 2.51. The molecule has 3 aliphatic rings. The summed E-state index contributed by atoms with van der Waals surface area (Å²) < 4.78 is 22.2. The maximum absolute atomic E-state index is 10.9. The van der Waals surface area contributed by atoms with Crippen molar-refractivity contribution in [1.82, 2.24) is 0 Å². The van der Waals surface area contributed by atoms with E-state index in [0.29, 0.717) is 0 Å². The minimum Gasteiger partial charge on any atom is -0.394 e. The highest BCUT2D eigenvalue weighted by Crippen LogP contribution is 2.31. The van der Waals surface area contributed by atoms with Crippen LogP contribution in [-0.4, -0.2) is 141 Å². The molecule has 2 aliphatic heterocycles. The first-order valence-electron chi connectivity index (χ1n) is 10.8. The Labute approximate surface area is 189 Å². The van der Waals surface area contributed by atoms with Gasteiger partial charge in [0.05, 0.1) is 12.6 Å². The van der Waals surface area contributed by atoms with Crippen LogP contribution in [0.1, 0.15) is 6.42 Å². The number of rotatable bonds is 6. The minimum atomic E-state index is -1.66. The van der Waals surface area contributed by atoms with Crippen LogP contribution in [-0.2, 0) is 18.9 Å². The molecule has 15 nitrogen and oxygen atoms in total. The van der Waals surface area contributed by atoms with Crippen LogP contribution in [0.4, 0.5) is 0 Å². The van der Waals surface area contributed by atoms with Crippen LogP contribution < -0.4 is 22.9 Å². The van der Waals surface area contributed by atoms with E-state index in [1.165, 1.54) is 0 Å². The first-order valence-corrected chi connectivity index (χ1v) is 10.8. The molecule has 0 amide bonds. The molecule has 1 aliphatic carbocycles. The average molecular weight is 485 g/mol. The Bertz CT molecular complexity index is 584. The van der Waals surface area contributed by atoms with E-state index in [0.717, 1.165) is 0 Å². The van der Waals surface area contributed by atoms with E-state index in [9.17, 15) is 35.7 Å². The van der Waals surface area contributed by atoms with Gasteiger partial charge in [-0.25, -0.2) is 0 Å². The predicted molar refractivity (Wildman–Crippen MR) is 108 cm³/mol. The van der Waals surface area contributed by atoms with Gasteiger partial charge in [0.25, 0.3) is 0 Å². The molecule has 15 heteroatoms. The van der Waals surface area contributed by atoms with Crippen molar-refractivity contribution in [2.45, 2.75) is 98.2 Å². The van der Waals surface area contributed by atoms with Crippen LogP contribution in [0.15, 0.2) is 0 Å². The zero-order valence-corrected chi connectivity index (χ0v) is 17.9. The first-order chi connectivity index (χ1) is 15.5. The fourth-order valence-corrected chi connectivity index (χ4v) is 4.40. The predicted octanol–water partition coefficient (Wildman–Crippen LogP) is -7.29. The van der Waals surface area contributed by atoms with Gasteiger partial charge in [0.2, 0.25) is 0 Å². The standard InChI is InChI=1S/C18H36N4O11/c19-2-6-10(25)12(27)13(28)18(30-6)33-16-5(21)1-4(20)15(14(16)29)32-17-11(26)8(22)9(24)7(3-23)31-17/h4-18,23-29H,1-3,19-22H2/t4-,5+,6+,7+,8-,9+,10+,11?,12-,13+,14-,15+,16-,17+,18+/m0/s1. The van der Waals surface area contributed by atoms with Gasteiger partial charge in [-0.05, 0) is 6.42 Å². The van der Waals surface area contributed by atoms with Crippen LogP contribution >= 0.6 is 0 Å². The summed E-state index contributed by atoms with van der Waals surface area (Å²) in [4.78, 5) is 0. The Kier molecular flexibility index (Phi) is 8.99. The normalized spacial score (nSPS) is 53.7. The molecular formula is C18H36N4O11. The van der Waals surface area contributed by atoms with Crippen molar-refractivity contribution in [1.29, 1.82) is 0 Å². The molecule has 15 atom stereocenters. The second kappa shape index (κ2) is 11.0. The maximum atomic E-state index is 10.9. The highest BCUT2D eigenvalue weighted by molar-refractivity contribution is 5.01. The second-order valence-corrected chi connectivity index (χ2v) is 8.79. The van der Waals surface area contributed by atoms with Gasteiger partial charge in [-0.2, -0.15) is 0 Å². The Morgan fingerprint density at radius 2 is 1.18 bits per heavy atom. The van der Waals surface area contributed by atoms with Crippen LogP contribution in [0.5, 0.6) is 0 Å². The van der Waals surface area contributed by atoms with E-state index in [-0.39, 0.29) is 13.0 Å². The van der Waals surface area contributed by atoms with Gasteiger partial charge in [0.1, 0.15) is 61.0 Å². The van der Waals surface area contributed by atoms with E-state index in [2.05, 4.69) is 0 Å². The van der Waals surface area contributed by atoms with E-state index in [1.54, 1.807) is 0 Å². The molecular weight excluding hydrogens is 448 g/mol. The molecule has 0 radical (unpaired) electrons. The summed E-state index contributed by atoms with van der Waals surface area (Å²) in [6.45, 7) is -0.763. The van der Waals surface area contributed by atoms with Gasteiger partial charge in [0.15, 0.2) is 12.6 Å². The molecule has 1 unspecified atom stereocenters. The van der Waals surface area contributed by atoms with Gasteiger partial charge < -0.3 is 77.6 Å². The number of aliphatic hydroxyl groups is 7. The van der Waals surface area contributed by atoms with Crippen LogP contribution in [0.25, 0.3) is 0 Å². The minimum absolute atomic E-state index is 0.0849. The summed E-state index contributed by atoms with van der Waals surface area (Å²) in [7, 11) is 0. The van der Waals surface area contributed by atoms with Gasteiger partial charge >= 0.3 is 0 Å². The van der Waals surface area contributed by atoms with Gasteiger partial charge in [-0.3, -0.25) is 0 Å². The molecule has 0 aromatic rings.